The van der Waals surface area contributed by atoms with Crippen LogP contribution < -0.4 is 0 Å². The van der Waals surface area contributed by atoms with Crippen molar-refractivity contribution >= 4 is 5.78 Å². The molecule has 0 spiro atoms. The van der Waals surface area contributed by atoms with Crippen LogP contribution in [0, 0.1) is 5.92 Å². The molecule has 0 saturated carbocycles. The largest absolute Gasteiger partial charge is 0.385 e. The smallest absolute Gasteiger partial charge is 0.158 e. The molecule has 0 aliphatic heterocycles. The molecule has 2 heteroatoms. The van der Waals surface area contributed by atoms with Gasteiger partial charge in [0.15, 0.2) is 5.78 Å². The Bertz CT molecular complexity index is 118. The zero-order valence-corrected chi connectivity index (χ0v) is 5.79. The number of aliphatic hydroxyl groups excluding tert-OH is 1. The van der Waals surface area contributed by atoms with Crippen LogP contribution in [0.5, 0.6) is 0 Å². The van der Waals surface area contributed by atoms with E-state index in [9.17, 15) is 4.79 Å². The molecule has 0 bridgehead atoms. The number of carbonyl (C=O) groups excluding carboxylic acids is 1. The van der Waals surface area contributed by atoms with E-state index in [1.165, 1.54) is 6.92 Å². The van der Waals surface area contributed by atoms with Crippen LogP contribution >= 0.6 is 0 Å². The lowest BCUT2D eigenvalue weighted by atomic mass is 10.0. The number of Topliss-reactive ketones (excluding diaryl/α,β-unsaturated/α-hetero) is 1. The fourth-order valence-electron chi connectivity index (χ4n) is 0.499. The molecule has 0 aliphatic rings. The molecule has 0 aromatic rings. The van der Waals surface area contributed by atoms with Gasteiger partial charge in [0.05, 0.1) is 0 Å². The summed E-state index contributed by atoms with van der Waals surface area (Å²) in [7, 11) is 0. The molecule has 0 aliphatic carbocycles. The van der Waals surface area contributed by atoms with Crippen molar-refractivity contribution in [2.24, 2.45) is 5.92 Å². The third-order valence-corrected chi connectivity index (χ3v) is 1.29. The highest BCUT2D eigenvalue weighted by atomic mass is 16.3. The van der Waals surface area contributed by atoms with Crippen LogP contribution in [0.2, 0.25) is 0 Å². The lowest BCUT2D eigenvalue weighted by Gasteiger charge is -2.09. The van der Waals surface area contributed by atoms with E-state index in [4.69, 9.17) is 5.11 Å². The second kappa shape index (κ2) is 3.41. The summed E-state index contributed by atoms with van der Waals surface area (Å²) in [5.41, 5.74) is 0. The van der Waals surface area contributed by atoms with Crippen LogP contribution in [0.3, 0.4) is 0 Å². The Hall–Kier alpha value is -0.630. The molecular formula is C7H12O2. The Morgan fingerprint density at radius 2 is 2.22 bits per heavy atom. The van der Waals surface area contributed by atoms with E-state index in [-0.39, 0.29) is 11.7 Å². The molecule has 2 atom stereocenters. The molecule has 0 heterocycles. The Labute approximate surface area is 55.2 Å². The van der Waals surface area contributed by atoms with Crippen molar-refractivity contribution < 1.29 is 9.90 Å². The number of hydrogen-bond acceptors (Lipinski definition) is 2. The van der Waals surface area contributed by atoms with E-state index in [1.54, 1.807) is 13.0 Å². The van der Waals surface area contributed by atoms with Gasteiger partial charge in [0.1, 0.15) is 6.10 Å². The fourth-order valence-corrected chi connectivity index (χ4v) is 0.499. The maximum absolute atomic E-state index is 10.4. The monoisotopic (exact) mass is 128 g/mol. The molecule has 0 rings (SSSR count). The minimum Gasteiger partial charge on any atom is -0.385 e. The molecule has 0 radical (unpaired) electrons. The quantitative estimate of drug-likeness (QED) is 0.570. The fraction of sp³-hybridized carbons (Fsp3) is 0.571. The van der Waals surface area contributed by atoms with Gasteiger partial charge in [-0.2, -0.15) is 0 Å². The second-order valence-corrected chi connectivity index (χ2v) is 2.15. The van der Waals surface area contributed by atoms with E-state index >= 15 is 0 Å². The van der Waals surface area contributed by atoms with Crippen molar-refractivity contribution in [3.63, 3.8) is 0 Å². The molecule has 2 nitrogen and oxygen atoms in total. The molecule has 1 N–H and O–H groups in total. The molecule has 0 aromatic heterocycles. The van der Waals surface area contributed by atoms with Crippen LogP contribution in [-0.2, 0) is 4.79 Å². The first-order valence-corrected chi connectivity index (χ1v) is 2.90. The first-order chi connectivity index (χ1) is 4.09. The summed E-state index contributed by atoms with van der Waals surface area (Å²) in [5.74, 6) is -0.343. The molecule has 0 fully saturated rings. The van der Waals surface area contributed by atoms with Gasteiger partial charge < -0.3 is 5.11 Å². The predicted molar refractivity (Wildman–Crippen MR) is 36.0 cm³/mol. The number of rotatable bonds is 3. The average Bonchev–Trinajstić information content (AvgIpc) is 1.84. The first kappa shape index (κ1) is 8.37. The van der Waals surface area contributed by atoms with Gasteiger partial charge in [0.2, 0.25) is 0 Å². The van der Waals surface area contributed by atoms with E-state index in [0.29, 0.717) is 0 Å². The Balaban J connectivity index is 3.86. The van der Waals surface area contributed by atoms with Crippen molar-refractivity contribution in [2.45, 2.75) is 20.0 Å². The summed E-state index contributed by atoms with van der Waals surface area (Å²) >= 11 is 0. The highest BCUT2D eigenvalue weighted by Gasteiger charge is 2.14. The zero-order chi connectivity index (χ0) is 7.44. The second-order valence-electron chi connectivity index (χ2n) is 2.15. The standard InChI is InChI=1S/C7H12O2/c1-4-5(2)7(9)6(3)8/h4-5,7,9H,1H2,2-3H3/t5-,7-/m1/s1. The number of aliphatic hydroxyl groups is 1. The van der Waals surface area contributed by atoms with Crippen LogP contribution in [0.4, 0.5) is 0 Å². The van der Waals surface area contributed by atoms with Gasteiger partial charge >= 0.3 is 0 Å². The van der Waals surface area contributed by atoms with Gasteiger partial charge in [-0.05, 0) is 6.92 Å². The van der Waals surface area contributed by atoms with Gasteiger partial charge in [0.25, 0.3) is 0 Å². The Morgan fingerprint density at radius 1 is 1.78 bits per heavy atom. The summed E-state index contributed by atoms with van der Waals surface area (Å²) in [6.45, 7) is 6.57. The SMILES string of the molecule is C=C[C@@H](C)[C@@H](O)C(C)=O. The first-order valence-electron chi connectivity index (χ1n) is 2.90. The topological polar surface area (TPSA) is 37.3 Å². The van der Waals surface area contributed by atoms with Crippen molar-refractivity contribution in [1.29, 1.82) is 0 Å². The minimum absolute atomic E-state index is 0.137. The van der Waals surface area contributed by atoms with E-state index in [1.807, 2.05) is 0 Å². The van der Waals surface area contributed by atoms with E-state index in [0.717, 1.165) is 0 Å². The van der Waals surface area contributed by atoms with Gasteiger partial charge in [-0.25, -0.2) is 0 Å². The normalized spacial score (nSPS) is 16.3. The number of ketones is 1. The maximum atomic E-state index is 10.4. The molecule has 52 valence electrons. The molecule has 0 unspecified atom stereocenters. The summed E-state index contributed by atoms with van der Waals surface area (Å²) in [5, 5.41) is 8.97. The van der Waals surface area contributed by atoms with Crippen molar-refractivity contribution in [3.05, 3.63) is 12.7 Å². The van der Waals surface area contributed by atoms with Crippen LogP contribution in [-0.4, -0.2) is 17.0 Å². The van der Waals surface area contributed by atoms with Crippen LogP contribution in [0.15, 0.2) is 12.7 Å². The molecule has 0 saturated heterocycles. The third kappa shape index (κ3) is 2.42. The summed E-state index contributed by atoms with van der Waals surface area (Å²) < 4.78 is 0. The zero-order valence-electron chi connectivity index (χ0n) is 5.79. The summed E-state index contributed by atoms with van der Waals surface area (Å²) in [6.07, 6.45) is 0.689. The lowest BCUT2D eigenvalue weighted by molar-refractivity contribution is -0.126. The van der Waals surface area contributed by atoms with E-state index < -0.39 is 6.10 Å². The van der Waals surface area contributed by atoms with Gasteiger partial charge in [-0.15, -0.1) is 6.58 Å². The van der Waals surface area contributed by atoms with Crippen molar-refractivity contribution in [3.8, 4) is 0 Å². The van der Waals surface area contributed by atoms with Crippen LogP contribution in [0.1, 0.15) is 13.8 Å². The average molecular weight is 128 g/mol. The van der Waals surface area contributed by atoms with Gasteiger partial charge in [0, 0.05) is 5.92 Å². The third-order valence-electron chi connectivity index (χ3n) is 1.29. The van der Waals surface area contributed by atoms with E-state index in [2.05, 4.69) is 6.58 Å². The summed E-state index contributed by atoms with van der Waals surface area (Å²) in [6, 6.07) is 0. The van der Waals surface area contributed by atoms with Gasteiger partial charge in [-0.1, -0.05) is 13.0 Å². The lowest BCUT2D eigenvalue weighted by Crippen LogP contribution is -2.23. The number of hydrogen-bond donors (Lipinski definition) is 1. The molecule has 0 aromatic carbocycles. The maximum Gasteiger partial charge on any atom is 0.158 e. The Morgan fingerprint density at radius 3 is 2.33 bits per heavy atom. The highest BCUT2D eigenvalue weighted by Crippen LogP contribution is 2.03. The van der Waals surface area contributed by atoms with Crippen molar-refractivity contribution in [2.75, 3.05) is 0 Å². The minimum atomic E-state index is -0.873. The molecular weight excluding hydrogens is 116 g/mol. The number of carbonyl (C=O) groups is 1. The van der Waals surface area contributed by atoms with Crippen LogP contribution in [0.25, 0.3) is 0 Å². The highest BCUT2D eigenvalue weighted by molar-refractivity contribution is 5.80. The molecule has 0 amide bonds. The van der Waals surface area contributed by atoms with Gasteiger partial charge in [-0.3, -0.25) is 4.79 Å². The predicted octanol–water partition coefficient (Wildman–Crippen LogP) is 0.758. The Kier molecular flexibility index (Phi) is 3.17. The van der Waals surface area contributed by atoms with Crippen molar-refractivity contribution in [1.82, 2.24) is 0 Å². The summed E-state index contributed by atoms with van der Waals surface area (Å²) in [4.78, 5) is 10.4. The molecule has 9 heavy (non-hydrogen) atoms.